The molecule has 7 heteroatoms. The lowest BCUT2D eigenvalue weighted by Gasteiger charge is -2.12. The molecular formula is C13H17N5OS. The predicted octanol–water partition coefficient (Wildman–Crippen LogP) is 1.53. The number of anilines is 2. The number of thiophene rings is 1. The monoisotopic (exact) mass is 291 g/mol. The van der Waals surface area contributed by atoms with E-state index in [9.17, 15) is 4.79 Å². The summed E-state index contributed by atoms with van der Waals surface area (Å²) < 4.78 is 0. The van der Waals surface area contributed by atoms with Crippen molar-refractivity contribution in [3.8, 4) is 0 Å². The van der Waals surface area contributed by atoms with Crippen LogP contribution in [0.25, 0.3) is 10.2 Å². The summed E-state index contributed by atoms with van der Waals surface area (Å²) in [5.41, 5.74) is 5.76. The maximum atomic E-state index is 11.2. The van der Waals surface area contributed by atoms with E-state index in [-0.39, 0.29) is 17.9 Å². The summed E-state index contributed by atoms with van der Waals surface area (Å²) in [5, 5.41) is 7.22. The summed E-state index contributed by atoms with van der Waals surface area (Å²) in [4.78, 5) is 21.9. The largest absolute Gasteiger partial charge is 0.368 e. The molecule has 6 nitrogen and oxygen atoms in total. The maximum absolute atomic E-state index is 11.2. The standard InChI is InChI=1S/C13H17N5OS/c1-2-8-5-9-11(17-13(14)18-12(9)20-8)15-6-7-3-4-10(19)16-7/h5,7H,2-4,6H2,1H3,(H,16,19)(H3,14,15,17,18). The van der Waals surface area contributed by atoms with Crippen LogP contribution in [0.4, 0.5) is 11.8 Å². The fourth-order valence-corrected chi connectivity index (χ4v) is 3.32. The second-order valence-electron chi connectivity index (χ2n) is 4.90. The minimum atomic E-state index is 0.118. The van der Waals surface area contributed by atoms with Crippen molar-refractivity contribution in [3.63, 3.8) is 0 Å². The molecule has 1 amide bonds. The molecule has 1 aliphatic heterocycles. The minimum Gasteiger partial charge on any atom is -0.368 e. The Hall–Kier alpha value is -1.89. The Kier molecular flexibility index (Phi) is 3.43. The van der Waals surface area contributed by atoms with Crippen LogP contribution < -0.4 is 16.4 Å². The Balaban J connectivity index is 1.82. The maximum Gasteiger partial charge on any atom is 0.223 e. The molecular weight excluding hydrogens is 274 g/mol. The average Bonchev–Trinajstić information content (AvgIpc) is 3.01. The third-order valence-corrected chi connectivity index (χ3v) is 4.58. The van der Waals surface area contributed by atoms with Gasteiger partial charge in [0.05, 0.1) is 5.39 Å². The van der Waals surface area contributed by atoms with Crippen LogP contribution in [0.15, 0.2) is 6.07 Å². The molecule has 2 aromatic heterocycles. The number of nitrogen functional groups attached to an aromatic ring is 1. The highest BCUT2D eigenvalue weighted by atomic mass is 32.1. The minimum absolute atomic E-state index is 0.118. The number of aryl methyl sites for hydroxylation is 1. The number of hydrogen-bond donors (Lipinski definition) is 3. The fourth-order valence-electron chi connectivity index (χ4n) is 2.35. The number of hydrogen-bond acceptors (Lipinski definition) is 6. The highest BCUT2D eigenvalue weighted by molar-refractivity contribution is 7.18. The first kappa shape index (κ1) is 13.1. The van der Waals surface area contributed by atoms with Gasteiger partial charge in [-0.15, -0.1) is 11.3 Å². The van der Waals surface area contributed by atoms with Gasteiger partial charge in [0, 0.05) is 23.9 Å². The van der Waals surface area contributed by atoms with Gasteiger partial charge in [-0.05, 0) is 18.9 Å². The molecule has 1 aliphatic rings. The summed E-state index contributed by atoms with van der Waals surface area (Å²) in [6.07, 6.45) is 2.44. The third kappa shape index (κ3) is 2.53. The highest BCUT2D eigenvalue weighted by Crippen LogP contribution is 2.29. The van der Waals surface area contributed by atoms with Crippen molar-refractivity contribution in [2.24, 2.45) is 0 Å². The molecule has 0 saturated carbocycles. The molecule has 2 aromatic rings. The average molecular weight is 291 g/mol. The van der Waals surface area contributed by atoms with Crippen molar-refractivity contribution in [3.05, 3.63) is 10.9 Å². The molecule has 3 heterocycles. The van der Waals surface area contributed by atoms with E-state index in [1.165, 1.54) is 4.88 Å². The lowest BCUT2D eigenvalue weighted by Crippen LogP contribution is -2.32. The first-order valence-electron chi connectivity index (χ1n) is 6.75. The number of carbonyl (C=O) groups excluding carboxylic acids is 1. The number of fused-ring (bicyclic) bond motifs is 1. The molecule has 0 radical (unpaired) electrons. The Labute approximate surface area is 120 Å². The number of nitrogens with one attached hydrogen (secondary N) is 2. The second-order valence-corrected chi connectivity index (χ2v) is 6.01. The van der Waals surface area contributed by atoms with E-state index < -0.39 is 0 Å². The Bertz CT molecular complexity index is 653. The van der Waals surface area contributed by atoms with Gasteiger partial charge in [0.1, 0.15) is 10.6 Å². The number of amides is 1. The van der Waals surface area contributed by atoms with Crippen LogP contribution in [-0.2, 0) is 11.2 Å². The lowest BCUT2D eigenvalue weighted by molar-refractivity contribution is -0.119. The Morgan fingerprint density at radius 3 is 3.10 bits per heavy atom. The lowest BCUT2D eigenvalue weighted by atomic mass is 10.2. The van der Waals surface area contributed by atoms with Crippen LogP contribution >= 0.6 is 11.3 Å². The van der Waals surface area contributed by atoms with Gasteiger partial charge in [0.25, 0.3) is 0 Å². The van der Waals surface area contributed by atoms with Gasteiger partial charge in [-0.2, -0.15) is 4.98 Å². The second kappa shape index (κ2) is 5.24. The van der Waals surface area contributed by atoms with E-state index in [4.69, 9.17) is 5.73 Å². The zero-order valence-corrected chi connectivity index (χ0v) is 12.1. The van der Waals surface area contributed by atoms with E-state index in [1.54, 1.807) is 11.3 Å². The molecule has 106 valence electrons. The topological polar surface area (TPSA) is 92.9 Å². The van der Waals surface area contributed by atoms with Crippen molar-refractivity contribution in [2.75, 3.05) is 17.6 Å². The zero-order chi connectivity index (χ0) is 14.1. The van der Waals surface area contributed by atoms with Crippen LogP contribution in [0, 0.1) is 0 Å². The summed E-state index contributed by atoms with van der Waals surface area (Å²) in [5.74, 6) is 1.15. The Morgan fingerprint density at radius 2 is 2.40 bits per heavy atom. The molecule has 20 heavy (non-hydrogen) atoms. The van der Waals surface area contributed by atoms with E-state index in [1.807, 2.05) is 0 Å². The van der Waals surface area contributed by atoms with Crippen molar-refractivity contribution < 1.29 is 4.79 Å². The Morgan fingerprint density at radius 1 is 1.55 bits per heavy atom. The van der Waals surface area contributed by atoms with Crippen LogP contribution in [0.5, 0.6) is 0 Å². The third-order valence-electron chi connectivity index (χ3n) is 3.41. The highest BCUT2D eigenvalue weighted by Gasteiger charge is 2.21. The molecule has 0 bridgehead atoms. The van der Waals surface area contributed by atoms with Gasteiger partial charge in [0.15, 0.2) is 0 Å². The first-order valence-corrected chi connectivity index (χ1v) is 7.56. The quantitative estimate of drug-likeness (QED) is 0.794. The number of aromatic nitrogens is 2. The van der Waals surface area contributed by atoms with E-state index in [2.05, 4.69) is 33.6 Å². The van der Waals surface area contributed by atoms with Gasteiger partial charge in [-0.25, -0.2) is 4.98 Å². The van der Waals surface area contributed by atoms with E-state index in [0.717, 1.165) is 28.9 Å². The van der Waals surface area contributed by atoms with Crippen molar-refractivity contribution in [2.45, 2.75) is 32.2 Å². The van der Waals surface area contributed by atoms with Gasteiger partial charge in [0.2, 0.25) is 11.9 Å². The molecule has 1 saturated heterocycles. The van der Waals surface area contributed by atoms with Gasteiger partial charge < -0.3 is 16.4 Å². The molecule has 1 unspecified atom stereocenters. The molecule has 1 atom stereocenters. The summed E-state index contributed by atoms with van der Waals surface area (Å²) in [6, 6.07) is 2.27. The smallest absolute Gasteiger partial charge is 0.223 e. The normalized spacial score (nSPS) is 18.4. The molecule has 1 fully saturated rings. The number of nitrogens with two attached hydrogens (primary N) is 1. The number of carbonyl (C=O) groups is 1. The van der Waals surface area contributed by atoms with E-state index in [0.29, 0.717) is 13.0 Å². The molecule has 4 N–H and O–H groups in total. The van der Waals surface area contributed by atoms with Crippen molar-refractivity contribution in [1.82, 2.24) is 15.3 Å². The first-order chi connectivity index (χ1) is 9.65. The summed E-state index contributed by atoms with van der Waals surface area (Å²) >= 11 is 1.64. The zero-order valence-electron chi connectivity index (χ0n) is 11.3. The number of rotatable bonds is 4. The predicted molar refractivity (Wildman–Crippen MR) is 80.9 cm³/mol. The number of nitrogens with zero attached hydrogens (tertiary/aromatic N) is 2. The SMILES string of the molecule is CCc1cc2c(NCC3CCC(=O)N3)nc(N)nc2s1. The van der Waals surface area contributed by atoms with Crippen molar-refractivity contribution >= 4 is 39.2 Å². The van der Waals surface area contributed by atoms with Crippen LogP contribution in [0.1, 0.15) is 24.6 Å². The molecule has 0 spiro atoms. The fraction of sp³-hybridized carbons (Fsp3) is 0.462. The summed E-state index contributed by atoms with van der Waals surface area (Å²) in [6.45, 7) is 2.78. The van der Waals surface area contributed by atoms with Gasteiger partial charge in [-0.1, -0.05) is 6.92 Å². The van der Waals surface area contributed by atoms with Crippen LogP contribution in [0.3, 0.4) is 0 Å². The van der Waals surface area contributed by atoms with Gasteiger partial charge >= 0.3 is 0 Å². The van der Waals surface area contributed by atoms with Crippen LogP contribution in [-0.4, -0.2) is 28.5 Å². The molecule has 0 aromatic carbocycles. The van der Waals surface area contributed by atoms with Crippen LogP contribution in [0.2, 0.25) is 0 Å². The van der Waals surface area contributed by atoms with Crippen molar-refractivity contribution in [1.29, 1.82) is 0 Å². The molecule has 0 aliphatic carbocycles. The summed E-state index contributed by atoms with van der Waals surface area (Å²) in [7, 11) is 0. The molecule has 3 rings (SSSR count). The van der Waals surface area contributed by atoms with Gasteiger partial charge in [-0.3, -0.25) is 4.79 Å². The van der Waals surface area contributed by atoms with E-state index >= 15 is 0 Å².